The van der Waals surface area contributed by atoms with Crippen LogP contribution in [0.2, 0.25) is 11.6 Å². The summed E-state index contributed by atoms with van der Waals surface area (Å²) < 4.78 is 6.24. The minimum atomic E-state index is -1.10. The van der Waals surface area contributed by atoms with E-state index in [1.807, 2.05) is 0 Å². The van der Waals surface area contributed by atoms with E-state index in [-0.39, 0.29) is 0 Å². The lowest BCUT2D eigenvalue weighted by molar-refractivity contribution is 0.286. The topological polar surface area (TPSA) is 9.23 Å². The van der Waals surface area contributed by atoms with Crippen LogP contribution in [0.1, 0.15) is 78.6 Å². The average Bonchev–Trinajstić information content (AvgIpc) is 2.44. The molecule has 1 unspecified atom stereocenters. The van der Waals surface area contributed by atoms with Crippen LogP contribution >= 0.6 is 15.9 Å². The van der Waals surface area contributed by atoms with Gasteiger partial charge in [0.25, 0.3) is 0 Å². The number of alkyl halides is 1. The first-order valence-corrected chi connectivity index (χ1v) is 11.7. The molecule has 116 valence electrons. The summed E-state index contributed by atoms with van der Waals surface area (Å²) in [5.41, 5.74) is 0. The van der Waals surface area contributed by atoms with Crippen LogP contribution in [-0.2, 0) is 4.43 Å². The normalized spacial score (nSPS) is 13.7. The van der Waals surface area contributed by atoms with Crippen molar-refractivity contribution in [2.24, 2.45) is 0 Å². The smallest absolute Gasteiger partial charge is 0.180 e. The highest BCUT2D eigenvalue weighted by atomic mass is 79.9. The Hall–Kier alpha value is 0.657. The minimum Gasteiger partial charge on any atom is -0.419 e. The van der Waals surface area contributed by atoms with E-state index in [0.717, 1.165) is 11.9 Å². The van der Waals surface area contributed by atoms with Gasteiger partial charge in [0, 0.05) is 11.9 Å². The number of halogens is 1. The van der Waals surface area contributed by atoms with Crippen molar-refractivity contribution in [3.8, 4) is 0 Å². The molecule has 0 fully saturated rings. The molecule has 19 heavy (non-hydrogen) atoms. The van der Waals surface area contributed by atoms with Crippen molar-refractivity contribution in [3.63, 3.8) is 0 Å². The molecule has 0 amide bonds. The second-order valence-electron chi connectivity index (χ2n) is 5.88. The SMILES string of the molecule is CCCCC(CCCC)(CCCC)[SiH](C)OCCBr. The lowest BCUT2D eigenvalue weighted by atomic mass is 9.89. The molecule has 0 saturated heterocycles. The Kier molecular flexibility index (Phi) is 12.8. The Labute approximate surface area is 131 Å². The summed E-state index contributed by atoms with van der Waals surface area (Å²) in [5, 5.41) is 1.54. The van der Waals surface area contributed by atoms with E-state index in [1.54, 1.807) is 0 Å². The summed E-state index contributed by atoms with van der Waals surface area (Å²) >= 11 is 3.50. The van der Waals surface area contributed by atoms with Gasteiger partial charge in [0.15, 0.2) is 9.04 Å². The summed E-state index contributed by atoms with van der Waals surface area (Å²) in [5.74, 6) is 0. The molecule has 0 bridgehead atoms. The summed E-state index contributed by atoms with van der Waals surface area (Å²) in [6.45, 7) is 10.3. The maximum atomic E-state index is 6.24. The third kappa shape index (κ3) is 7.86. The largest absolute Gasteiger partial charge is 0.419 e. The third-order valence-corrected chi connectivity index (χ3v) is 8.04. The zero-order valence-corrected chi connectivity index (χ0v) is 16.4. The van der Waals surface area contributed by atoms with Gasteiger partial charge >= 0.3 is 0 Å². The molecule has 0 radical (unpaired) electrons. The molecule has 1 atom stereocenters. The number of rotatable bonds is 13. The van der Waals surface area contributed by atoms with Crippen LogP contribution in [0.4, 0.5) is 0 Å². The third-order valence-electron chi connectivity index (χ3n) is 4.39. The van der Waals surface area contributed by atoms with E-state index < -0.39 is 9.04 Å². The van der Waals surface area contributed by atoms with Crippen LogP contribution in [0, 0.1) is 0 Å². The molecule has 0 N–H and O–H groups in total. The van der Waals surface area contributed by atoms with E-state index in [2.05, 4.69) is 43.2 Å². The predicted octanol–water partition coefficient (Wildman–Crippen LogP) is 6.06. The zero-order valence-electron chi connectivity index (χ0n) is 13.6. The van der Waals surface area contributed by atoms with Gasteiger partial charge in [-0.2, -0.15) is 0 Å². The highest BCUT2D eigenvalue weighted by Crippen LogP contribution is 2.46. The molecular formula is C16H35BrOSi. The molecule has 0 aromatic heterocycles. The monoisotopic (exact) mass is 350 g/mol. The second-order valence-corrected chi connectivity index (χ2v) is 9.51. The van der Waals surface area contributed by atoms with Gasteiger partial charge in [0.2, 0.25) is 0 Å². The van der Waals surface area contributed by atoms with Gasteiger partial charge in [-0.05, 0) is 30.8 Å². The Morgan fingerprint density at radius 1 is 0.895 bits per heavy atom. The van der Waals surface area contributed by atoms with Crippen molar-refractivity contribution in [2.45, 2.75) is 90.1 Å². The Morgan fingerprint density at radius 3 is 1.63 bits per heavy atom. The van der Waals surface area contributed by atoms with E-state index in [1.165, 1.54) is 57.8 Å². The second kappa shape index (κ2) is 12.4. The molecule has 0 aliphatic rings. The summed E-state index contributed by atoms with van der Waals surface area (Å²) in [6.07, 6.45) is 12.3. The van der Waals surface area contributed by atoms with Gasteiger partial charge in [0.05, 0.1) is 0 Å². The molecule has 3 heteroatoms. The van der Waals surface area contributed by atoms with Crippen LogP contribution in [0.3, 0.4) is 0 Å². The molecule has 0 aliphatic carbocycles. The summed E-state index contributed by atoms with van der Waals surface area (Å²) in [7, 11) is -1.10. The standard InChI is InChI=1S/C16H35BrOSi/c1-5-8-11-16(12-9-6-2,13-10-7-3)19(4)18-15-14-17/h19H,5-15H2,1-4H3. The fourth-order valence-electron chi connectivity index (χ4n) is 2.97. The molecule has 0 aliphatic heterocycles. The number of hydrogen-bond donors (Lipinski definition) is 0. The summed E-state index contributed by atoms with van der Waals surface area (Å²) in [6, 6.07) is 0. The van der Waals surface area contributed by atoms with Crippen molar-refractivity contribution in [1.29, 1.82) is 0 Å². The fourth-order valence-corrected chi connectivity index (χ4v) is 6.16. The molecule has 0 aromatic carbocycles. The van der Waals surface area contributed by atoms with Crippen LogP contribution in [0.15, 0.2) is 0 Å². The van der Waals surface area contributed by atoms with Gasteiger partial charge in [0.1, 0.15) is 0 Å². The first kappa shape index (κ1) is 19.7. The Bertz CT molecular complexity index is 177. The van der Waals surface area contributed by atoms with Crippen LogP contribution in [0.25, 0.3) is 0 Å². The summed E-state index contributed by atoms with van der Waals surface area (Å²) in [4.78, 5) is 0. The highest BCUT2D eigenvalue weighted by Gasteiger charge is 2.36. The minimum absolute atomic E-state index is 0.560. The van der Waals surface area contributed by atoms with Crippen molar-refractivity contribution in [3.05, 3.63) is 0 Å². The first-order chi connectivity index (χ1) is 9.16. The lowest BCUT2D eigenvalue weighted by Gasteiger charge is -2.38. The number of hydrogen-bond acceptors (Lipinski definition) is 1. The molecule has 0 spiro atoms. The van der Waals surface area contributed by atoms with Gasteiger partial charge in [-0.1, -0.05) is 75.2 Å². The van der Waals surface area contributed by atoms with Gasteiger partial charge in [-0.25, -0.2) is 0 Å². The quantitative estimate of drug-likeness (QED) is 0.289. The Balaban J connectivity index is 4.73. The van der Waals surface area contributed by atoms with Crippen LogP contribution < -0.4 is 0 Å². The average molecular weight is 351 g/mol. The Morgan fingerprint density at radius 2 is 1.32 bits per heavy atom. The maximum Gasteiger partial charge on any atom is 0.180 e. The lowest BCUT2D eigenvalue weighted by Crippen LogP contribution is -2.34. The molecule has 0 heterocycles. The van der Waals surface area contributed by atoms with Crippen molar-refractivity contribution < 1.29 is 4.43 Å². The highest BCUT2D eigenvalue weighted by molar-refractivity contribution is 9.09. The molecule has 0 saturated carbocycles. The van der Waals surface area contributed by atoms with Crippen molar-refractivity contribution in [1.82, 2.24) is 0 Å². The van der Waals surface area contributed by atoms with E-state index in [4.69, 9.17) is 4.43 Å². The number of unbranched alkanes of at least 4 members (excludes halogenated alkanes) is 3. The van der Waals surface area contributed by atoms with E-state index >= 15 is 0 Å². The first-order valence-electron chi connectivity index (χ1n) is 8.34. The van der Waals surface area contributed by atoms with Gasteiger partial charge < -0.3 is 4.43 Å². The molecule has 0 rings (SSSR count). The van der Waals surface area contributed by atoms with Crippen LogP contribution in [0.5, 0.6) is 0 Å². The van der Waals surface area contributed by atoms with Gasteiger partial charge in [-0.15, -0.1) is 0 Å². The molecule has 1 nitrogen and oxygen atoms in total. The van der Waals surface area contributed by atoms with Gasteiger partial charge in [-0.3, -0.25) is 0 Å². The van der Waals surface area contributed by atoms with Crippen LogP contribution in [-0.4, -0.2) is 21.0 Å². The molecule has 0 aromatic rings. The zero-order chi connectivity index (χ0) is 14.6. The fraction of sp³-hybridized carbons (Fsp3) is 1.00. The van der Waals surface area contributed by atoms with E-state index in [0.29, 0.717) is 5.04 Å². The predicted molar refractivity (Wildman–Crippen MR) is 94.0 cm³/mol. The van der Waals surface area contributed by atoms with E-state index in [9.17, 15) is 0 Å². The molecular weight excluding hydrogens is 316 g/mol. The van der Waals surface area contributed by atoms with Crippen molar-refractivity contribution in [2.75, 3.05) is 11.9 Å². The van der Waals surface area contributed by atoms with Crippen molar-refractivity contribution >= 4 is 25.0 Å². The maximum absolute atomic E-state index is 6.24.